The van der Waals surface area contributed by atoms with E-state index in [1.807, 2.05) is 54.6 Å². The van der Waals surface area contributed by atoms with Gasteiger partial charge in [0.05, 0.1) is 21.9 Å². The quantitative estimate of drug-likeness (QED) is 0.526. The molecule has 0 saturated heterocycles. The van der Waals surface area contributed by atoms with Crippen molar-refractivity contribution in [2.24, 2.45) is 0 Å². The van der Waals surface area contributed by atoms with Crippen LogP contribution in [-0.2, 0) is 0 Å². The molecule has 4 aromatic rings. The number of rotatable bonds is 2. The number of aromatic nitrogens is 3. The average Bonchev–Trinajstić information content (AvgIpc) is 2.64. The summed E-state index contributed by atoms with van der Waals surface area (Å²) in [4.78, 5) is 13.2. The van der Waals surface area contributed by atoms with Crippen LogP contribution in [-0.4, -0.2) is 15.0 Å². The minimum Gasteiger partial charge on any atom is -0.381 e. The average molecular weight is 367 g/mol. The highest BCUT2D eigenvalue weighted by Crippen LogP contribution is 2.35. The largest absolute Gasteiger partial charge is 0.381 e. The molecule has 0 saturated carbocycles. The van der Waals surface area contributed by atoms with Crippen LogP contribution in [0.4, 0.5) is 5.82 Å². The van der Waals surface area contributed by atoms with Gasteiger partial charge in [-0.3, -0.25) is 4.98 Å². The van der Waals surface area contributed by atoms with Crippen molar-refractivity contribution in [1.29, 1.82) is 0 Å². The van der Waals surface area contributed by atoms with Crippen molar-refractivity contribution in [2.75, 3.05) is 5.73 Å². The lowest BCUT2D eigenvalue weighted by molar-refractivity contribution is 1.22. The van der Waals surface area contributed by atoms with Gasteiger partial charge < -0.3 is 5.73 Å². The Kier molecular flexibility index (Phi) is 3.99. The molecule has 2 N–H and O–H groups in total. The predicted molar refractivity (Wildman–Crippen MR) is 103 cm³/mol. The second-order valence-electron chi connectivity index (χ2n) is 5.50. The Bertz CT molecular complexity index is 1080. The lowest BCUT2D eigenvalue weighted by Crippen LogP contribution is -2.00. The lowest BCUT2D eigenvalue weighted by Gasteiger charge is -2.12. The number of nitrogens with zero attached hydrogens (tertiary/aromatic N) is 3. The van der Waals surface area contributed by atoms with Crippen LogP contribution in [0.3, 0.4) is 0 Å². The zero-order valence-corrected chi connectivity index (χ0v) is 14.5. The van der Waals surface area contributed by atoms with Gasteiger partial charge in [0.1, 0.15) is 0 Å². The highest BCUT2D eigenvalue weighted by molar-refractivity contribution is 6.35. The molecular formula is C19H12Cl2N4. The van der Waals surface area contributed by atoms with Gasteiger partial charge in [0.25, 0.3) is 0 Å². The van der Waals surface area contributed by atoms with E-state index in [2.05, 4.69) is 15.0 Å². The summed E-state index contributed by atoms with van der Waals surface area (Å²) in [5, 5.41) is 1.62. The van der Waals surface area contributed by atoms with Gasteiger partial charge in [0.2, 0.25) is 0 Å². The van der Waals surface area contributed by atoms with Crippen LogP contribution in [0, 0.1) is 0 Å². The van der Waals surface area contributed by atoms with E-state index < -0.39 is 0 Å². The molecule has 0 atom stereocenters. The molecule has 2 heterocycles. The summed E-state index contributed by atoms with van der Waals surface area (Å²) < 4.78 is 0. The van der Waals surface area contributed by atoms with Crippen LogP contribution in [0.15, 0.2) is 60.8 Å². The van der Waals surface area contributed by atoms with Gasteiger partial charge in [-0.25, -0.2) is 9.97 Å². The molecule has 0 unspecified atom stereocenters. The van der Waals surface area contributed by atoms with Gasteiger partial charge >= 0.3 is 0 Å². The highest BCUT2D eigenvalue weighted by atomic mass is 35.5. The van der Waals surface area contributed by atoms with Crippen molar-refractivity contribution in [2.45, 2.75) is 0 Å². The summed E-state index contributed by atoms with van der Waals surface area (Å²) in [5.74, 6) is 0.192. The van der Waals surface area contributed by atoms with Gasteiger partial charge in [0, 0.05) is 22.7 Å². The third-order valence-electron chi connectivity index (χ3n) is 3.86. The number of fused-ring (bicyclic) bond motifs is 1. The van der Waals surface area contributed by atoms with Crippen LogP contribution in [0.2, 0.25) is 10.2 Å². The second kappa shape index (κ2) is 6.31. The Morgan fingerprint density at radius 2 is 1.56 bits per heavy atom. The summed E-state index contributed by atoms with van der Waals surface area (Å²) >= 11 is 12.6. The van der Waals surface area contributed by atoms with E-state index >= 15 is 0 Å². The van der Waals surface area contributed by atoms with Crippen LogP contribution >= 0.6 is 23.2 Å². The number of pyridine rings is 1. The molecule has 0 amide bonds. The maximum Gasteiger partial charge on any atom is 0.171 e. The SMILES string of the molecule is Nc1nc(-c2ccccc2)c(-c2cc(Cl)c3ncccc3c2)nc1Cl. The van der Waals surface area contributed by atoms with E-state index in [0.29, 0.717) is 16.4 Å². The molecule has 122 valence electrons. The van der Waals surface area contributed by atoms with Crippen LogP contribution in [0.1, 0.15) is 0 Å². The van der Waals surface area contributed by atoms with E-state index in [9.17, 15) is 0 Å². The number of hydrogen-bond donors (Lipinski definition) is 1. The summed E-state index contributed by atoms with van der Waals surface area (Å²) in [6.07, 6.45) is 1.71. The van der Waals surface area contributed by atoms with Crippen molar-refractivity contribution in [3.8, 4) is 22.5 Å². The Hall–Kier alpha value is -2.69. The third-order valence-corrected chi connectivity index (χ3v) is 4.42. The fourth-order valence-corrected chi connectivity index (χ4v) is 3.11. The monoisotopic (exact) mass is 366 g/mol. The fraction of sp³-hybridized carbons (Fsp3) is 0. The number of hydrogen-bond acceptors (Lipinski definition) is 4. The van der Waals surface area contributed by atoms with Crippen molar-refractivity contribution in [1.82, 2.24) is 15.0 Å². The molecule has 0 aliphatic rings. The molecule has 0 aliphatic carbocycles. The molecule has 4 nitrogen and oxygen atoms in total. The Labute approximate surface area is 154 Å². The van der Waals surface area contributed by atoms with Crippen molar-refractivity contribution >= 4 is 39.9 Å². The maximum absolute atomic E-state index is 6.41. The predicted octanol–water partition coefficient (Wildman–Crippen LogP) is 5.25. The minimum absolute atomic E-state index is 0.164. The number of benzene rings is 2. The Balaban J connectivity index is 2.01. The zero-order chi connectivity index (χ0) is 17.4. The second-order valence-corrected chi connectivity index (χ2v) is 6.26. The molecule has 2 aromatic heterocycles. The van der Waals surface area contributed by atoms with Crippen LogP contribution in [0.5, 0.6) is 0 Å². The van der Waals surface area contributed by atoms with Gasteiger partial charge in [-0.2, -0.15) is 0 Å². The first-order valence-electron chi connectivity index (χ1n) is 7.56. The highest BCUT2D eigenvalue weighted by Gasteiger charge is 2.16. The first kappa shape index (κ1) is 15.8. The summed E-state index contributed by atoms with van der Waals surface area (Å²) in [7, 11) is 0. The first-order chi connectivity index (χ1) is 12.1. The van der Waals surface area contributed by atoms with Gasteiger partial charge in [-0.15, -0.1) is 0 Å². The van der Waals surface area contributed by atoms with Crippen molar-refractivity contribution in [3.63, 3.8) is 0 Å². The number of anilines is 1. The molecule has 0 spiro atoms. The number of nitrogen functional groups attached to an aromatic ring is 1. The van der Waals surface area contributed by atoms with Gasteiger partial charge in [-0.1, -0.05) is 59.6 Å². The van der Waals surface area contributed by atoms with E-state index in [-0.39, 0.29) is 11.0 Å². The van der Waals surface area contributed by atoms with E-state index in [4.69, 9.17) is 28.9 Å². The standard InChI is InChI=1S/C19H12Cl2N4/c20-14-10-13(9-12-7-4-8-23-15(12)14)17-16(11-5-2-1-3-6-11)25-19(22)18(21)24-17/h1-10H,(H2,22,25). The van der Waals surface area contributed by atoms with Crippen LogP contribution in [0.25, 0.3) is 33.4 Å². The smallest absolute Gasteiger partial charge is 0.171 e. The number of halogens is 2. The lowest BCUT2D eigenvalue weighted by atomic mass is 10.0. The van der Waals surface area contributed by atoms with E-state index in [0.717, 1.165) is 22.0 Å². The molecule has 6 heteroatoms. The van der Waals surface area contributed by atoms with Crippen LogP contribution < -0.4 is 5.73 Å². The van der Waals surface area contributed by atoms with E-state index in [1.54, 1.807) is 6.20 Å². The number of nitrogens with two attached hydrogens (primary N) is 1. The van der Waals surface area contributed by atoms with Gasteiger partial charge in [-0.05, 0) is 18.2 Å². The molecule has 0 aliphatic heterocycles. The summed E-state index contributed by atoms with van der Waals surface area (Å²) in [6.45, 7) is 0. The Morgan fingerprint density at radius 3 is 2.36 bits per heavy atom. The van der Waals surface area contributed by atoms with Gasteiger partial charge in [0.15, 0.2) is 11.0 Å². The molecule has 0 fully saturated rings. The third kappa shape index (κ3) is 2.90. The zero-order valence-electron chi connectivity index (χ0n) is 12.9. The molecule has 25 heavy (non-hydrogen) atoms. The molecule has 0 radical (unpaired) electrons. The Morgan fingerprint density at radius 1 is 0.800 bits per heavy atom. The maximum atomic E-state index is 6.41. The normalized spacial score (nSPS) is 11.0. The topological polar surface area (TPSA) is 64.7 Å². The summed E-state index contributed by atoms with van der Waals surface area (Å²) in [5.41, 5.74) is 9.60. The first-order valence-corrected chi connectivity index (χ1v) is 8.32. The van der Waals surface area contributed by atoms with E-state index in [1.165, 1.54) is 0 Å². The molecular weight excluding hydrogens is 355 g/mol. The minimum atomic E-state index is 0.164. The molecule has 2 aromatic carbocycles. The molecule has 0 bridgehead atoms. The van der Waals surface area contributed by atoms with Crippen molar-refractivity contribution in [3.05, 3.63) is 71.0 Å². The fourth-order valence-electron chi connectivity index (χ4n) is 2.71. The summed E-state index contributed by atoms with van der Waals surface area (Å²) in [6, 6.07) is 17.3. The van der Waals surface area contributed by atoms with Crippen molar-refractivity contribution < 1.29 is 0 Å². The molecule has 4 rings (SSSR count).